The number of ether oxygens (including phenoxy) is 1. The summed E-state index contributed by atoms with van der Waals surface area (Å²) in [6, 6.07) is 7.95. The third-order valence-electron chi connectivity index (χ3n) is 5.36. The van der Waals surface area contributed by atoms with Crippen molar-refractivity contribution >= 4 is 11.7 Å². The molecule has 0 unspecified atom stereocenters. The number of amides is 1. The first-order valence-electron chi connectivity index (χ1n) is 9.73. The van der Waals surface area contributed by atoms with Gasteiger partial charge in [-0.3, -0.25) is 4.79 Å². The lowest BCUT2D eigenvalue weighted by atomic mass is 10.0. The summed E-state index contributed by atoms with van der Waals surface area (Å²) in [5.41, 5.74) is 4.16. The maximum absolute atomic E-state index is 13.0. The number of nitrogens with zero attached hydrogens (tertiary/aromatic N) is 4. The van der Waals surface area contributed by atoms with E-state index in [1.54, 1.807) is 0 Å². The summed E-state index contributed by atoms with van der Waals surface area (Å²) in [5, 5.41) is 0. The van der Waals surface area contributed by atoms with Gasteiger partial charge in [-0.25, -0.2) is 9.97 Å². The molecule has 1 aromatic carbocycles. The van der Waals surface area contributed by atoms with Crippen LogP contribution in [-0.4, -0.2) is 53.6 Å². The Hall–Kier alpha value is -2.47. The van der Waals surface area contributed by atoms with Crippen molar-refractivity contribution in [3.05, 3.63) is 52.5 Å². The van der Waals surface area contributed by atoms with E-state index in [1.165, 1.54) is 5.56 Å². The number of aromatic nitrogens is 2. The van der Waals surface area contributed by atoms with E-state index < -0.39 is 0 Å². The molecule has 0 atom stereocenters. The Balaban J connectivity index is 1.60. The van der Waals surface area contributed by atoms with Crippen molar-refractivity contribution < 1.29 is 9.53 Å². The number of morpholine rings is 1. The summed E-state index contributed by atoms with van der Waals surface area (Å²) in [7, 11) is 0. The van der Waals surface area contributed by atoms with Gasteiger partial charge in [0.25, 0.3) is 5.91 Å². The van der Waals surface area contributed by atoms with Crippen LogP contribution < -0.4 is 4.90 Å². The minimum atomic E-state index is 0.0804. The fourth-order valence-electron chi connectivity index (χ4n) is 3.79. The topological polar surface area (TPSA) is 58.6 Å². The molecule has 0 radical (unpaired) electrons. The van der Waals surface area contributed by atoms with Crippen LogP contribution in [0.3, 0.4) is 0 Å². The van der Waals surface area contributed by atoms with Crippen molar-refractivity contribution in [1.29, 1.82) is 0 Å². The zero-order valence-corrected chi connectivity index (χ0v) is 16.1. The average molecular weight is 366 g/mol. The van der Waals surface area contributed by atoms with Crippen LogP contribution in [0.4, 0.5) is 5.82 Å². The molecule has 0 spiro atoms. The van der Waals surface area contributed by atoms with Crippen LogP contribution in [0.2, 0.25) is 0 Å². The molecule has 0 saturated carbocycles. The maximum Gasteiger partial charge on any atom is 0.254 e. The number of aryl methyl sites for hydroxylation is 2. The van der Waals surface area contributed by atoms with E-state index in [1.807, 2.05) is 36.1 Å². The smallest absolute Gasteiger partial charge is 0.254 e. The van der Waals surface area contributed by atoms with Crippen LogP contribution in [0, 0.1) is 6.92 Å². The number of carbonyl (C=O) groups is 1. The fraction of sp³-hybridized carbons (Fsp3) is 0.476. The minimum Gasteiger partial charge on any atom is -0.378 e. The van der Waals surface area contributed by atoms with Crippen molar-refractivity contribution in [3.8, 4) is 0 Å². The maximum atomic E-state index is 13.0. The Kier molecular flexibility index (Phi) is 5.07. The van der Waals surface area contributed by atoms with Gasteiger partial charge in [-0.05, 0) is 31.0 Å². The van der Waals surface area contributed by atoms with E-state index in [0.29, 0.717) is 26.3 Å². The Morgan fingerprint density at radius 3 is 2.56 bits per heavy atom. The zero-order valence-electron chi connectivity index (χ0n) is 16.1. The lowest BCUT2D eigenvalue weighted by Crippen LogP contribution is -2.41. The van der Waals surface area contributed by atoms with Gasteiger partial charge >= 0.3 is 0 Å². The molecule has 1 fully saturated rings. The number of fused-ring (bicyclic) bond motifs is 1. The molecular formula is C21H26N4O2. The normalized spacial score (nSPS) is 17.0. The number of hydrogen-bond donors (Lipinski definition) is 0. The number of anilines is 1. The van der Waals surface area contributed by atoms with Gasteiger partial charge in [0.15, 0.2) is 0 Å². The van der Waals surface area contributed by atoms with Crippen LogP contribution in [0.15, 0.2) is 24.3 Å². The van der Waals surface area contributed by atoms with Crippen molar-refractivity contribution in [2.24, 2.45) is 0 Å². The van der Waals surface area contributed by atoms with Crippen LogP contribution in [0.25, 0.3) is 0 Å². The SMILES string of the molecule is CCc1ccc(C(=O)N2CCc3nc(C)nc(N4CCOCC4)c3C2)cc1. The Morgan fingerprint density at radius 1 is 1.11 bits per heavy atom. The molecule has 2 aliphatic heterocycles. The lowest BCUT2D eigenvalue weighted by molar-refractivity contribution is 0.0733. The molecule has 142 valence electrons. The van der Waals surface area contributed by atoms with Gasteiger partial charge < -0.3 is 14.5 Å². The number of benzene rings is 1. The van der Waals surface area contributed by atoms with Crippen LogP contribution >= 0.6 is 0 Å². The van der Waals surface area contributed by atoms with Crippen molar-refractivity contribution in [1.82, 2.24) is 14.9 Å². The highest BCUT2D eigenvalue weighted by Gasteiger charge is 2.28. The van der Waals surface area contributed by atoms with Gasteiger partial charge in [-0.2, -0.15) is 0 Å². The largest absolute Gasteiger partial charge is 0.378 e. The highest BCUT2D eigenvalue weighted by atomic mass is 16.5. The van der Waals surface area contributed by atoms with E-state index >= 15 is 0 Å². The summed E-state index contributed by atoms with van der Waals surface area (Å²) < 4.78 is 5.48. The van der Waals surface area contributed by atoms with Gasteiger partial charge in [0.2, 0.25) is 0 Å². The third kappa shape index (κ3) is 3.67. The Bertz CT molecular complexity index is 829. The van der Waals surface area contributed by atoms with Gasteiger partial charge in [-0.15, -0.1) is 0 Å². The molecule has 1 saturated heterocycles. The summed E-state index contributed by atoms with van der Waals surface area (Å²) in [5.74, 6) is 1.85. The van der Waals surface area contributed by atoms with Crippen LogP contribution in [0.1, 0.15) is 39.9 Å². The van der Waals surface area contributed by atoms with Gasteiger partial charge in [0.05, 0.1) is 25.5 Å². The van der Waals surface area contributed by atoms with Crippen LogP contribution in [-0.2, 0) is 24.1 Å². The first-order valence-corrected chi connectivity index (χ1v) is 9.73. The fourth-order valence-corrected chi connectivity index (χ4v) is 3.79. The van der Waals surface area contributed by atoms with E-state index in [0.717, 1.165) is 54.4 Å². The highest BCUT2D eigenvalue weighted by Crippen LogP contribution is 2.28. The van der Waals surface area contributed by atoms with Crippen molar-refractivity contribution in [2.75, 3.05) is 37.7 Å². The molecular weight excluding hydrogens is 340 g/mol. The standard InChI is InChI=1S/C21H26N4O2/c1-3-16-4-6-17(7-5-16)21(26)25-9-8-19-18(14-25)20(23-15(2)22-19)24-10-12-27-13-11-24/h4-7H,3,8-14H2,1-2H3. The molecule has 0 bridgehead atoms. The Labute approximate surface area is 160 Å². The highest BCUT2D eigenvalue weighted by molar-refractivity contribution is 5.94. The summed E-state index contributed by atoms with van der Waals surface area (Å²) >= 11 is 0. The molecule has 1 aromatic heterocycles. The predicted molar refractivity (Wildman–Crippen MR) is 104 cm³/mol. The summed E-state index contributed by atoms with van der Waals surface area (Å²) in [6.45, 7) is 8.40. The van der Waals surface area contributed by atoms with Gasteiger partial charge in [0, 0.05) is 37.2 Å². The number of rotatable bonds is 3. The number of carbonyl (C=O) groups excluding carboxylic acids is 1. The third-order valence-corrected chi connectivity index (χ3v) is 5.36. The van der Waals surface area contributed by atoms with Gasteiger partial charge in [0.1, 0.15) is 11.6 Å². The molecule has 27 heavy (non-hydrogen) atoms. The van der Waals surface area contributed by atoms with Crippen molar-refractivity contribution in [3.63, 3.8) is 0 Å². The van der Waals surface area contributed by atoms with Crippen LogP contribution in [0.5, 0.6) is 0 Å². The molecule has 0 aliphatic carbocycles. The molecule has 6 nitrogen and oxygen atoms in total. The summed E-state index contributed by atoms with van der Waals surface area (Å²) in [4.78, 5) is 26.6. The zero-order chi connectivity index (χ0) is 18.8. The molecule has 2 aliphatic rings. The molecule has 2 aromatic rings. The molecule has 4 rings (SSSR count). The van der Waals surface area contributed by atoms with E-state index in [2.05, 4.69) is 16.8 Å². The van der Waals surface area contributed by atoms with Crippen molar-refractivity contribution in [2.45, 2.75) is 33.2 Å². The van der Waals surface area contributed by atoms with E-state index in [-0.39, 0.29) is 5.91 Å². The first kappa shape index (κ1) is 17.9. The van der Waals surface area contributed by atoms with E-state index in [9.17, 15) is 4.79 Å². The lowest BCUT2D eigenvalue weighted by Gasteiger charge is -2.34. The quantitative estimate of drug-likeness (QED) is 0.835. The second-order valence-corrected chi connectivity index (χ2v) is 7.15. The molecule has 0 N–H and O–H groups in total. The number of hydrogen-bond acceptors (Lipinski definition) is 5. The summed E-state index contributed by atoms with van der Waals surface area (Å²) in [6.07, 6.45) is 1.75. The molecule has 1 amide bonds. The molecule has 6 heteroatoms. The van der Waals surface area contributed by atoms with E-state index in [4.69, 9.17) is 9.72 Å². The Morgan fingerprint density at radius 2 is 1.85 bits per heavy atom. The second kappa shape index (κ2) is 7.64. The second-order valence-electron chi connectivity index (χ2n) is 7.15. The first-order chi connectivity index (χ1) is 13.2. The minimum absolute atomic E-state index is 0.0804. The average Bonchev–Trinajstić information content (AvgIpc) is 2.73. The predicted octanol–water partition coefficient (Wildman–Crippen LogP) is 2.38. The van der Waals surface area contributed by atoms with Gasteiger partial charge in [-0.1, -0.05) is 19.1 Å². The molecule has 3 heterocycles. The monoisotopic (exact) mass is 366 g/mol.